The molecule has 0 aliphatic heterocycles. The molecule has 0 saturated heterocycles. The summed E-state index contributed by atoms with van der Waals surface area (Å²) >= 11 is 0. The van der Waals surface area contributed by atoms with Crippen LogP contribution in [0.2, 0.25) is 0 Å². The Morgan fingerprint density at radius 3 is 2.62 bits per heavy atom. The lowest BCUT2D eigenvalue weighted by Gasteiger charge is -2.28. The largest absolute Gasteiger partial charge is 0.368 e. The lowest BCUT2D eigenvalue weighted by Crippen LogP contribution is -2.53. The Labute approximate surface area is 127 Å². The summed E-state index contributed by atoms with van der Waals surface area (Å²) in [6, 6.07) is 4.09. The van der Waals surface area contributed by atoms with Crippen LogP contribution in [0.4, 0.5) is 0 Å². The molecule has 118 valence electrons. The molecule has 0 saturated carbocycles. The van der Waals surface area contributed by atoms with Gasteiger partial charge in [-0.05, 0) is 64.0 Å². The zero-order valence-electron chi connectivity index (χ0n) is 13.4. The first-order valence-electron chi connectivity index (χ1n) is 7.60. The molecule has 1 aromatic heterocycles. The maximum absolute atomic E-state index is 11.5. The zero-order valence-corrected chi connectivity index (χ0v) is 13.4. The fourth-order valence-corrected chi connectivity index (χ4v) is 2.37. The van der Waals surface area contributed by atoms with Crippen LogP contribution in [0.15, 0.2) is 24.5 Å². The Morgan fingerprint density at radius 1 is 1.38 bits per heavy atom. The number of amides is 1. The number of carbonyl (C=O) groups is 1. The van der Waals surface area contributed by atoms with Crippen molar-refractivity contribution in [3.63, 3.8) is 0 Å². The van der Waals surface area contributed by atoms with Gasteiger partial charge in [0, 0.05) is 18.9 Å². The molecule has 3 N–H and O–H groups in total. The highest BCUT2D eigenvalue weighted by Gasteiger charge is 2.29. The molecule has 1 atom stereocenters. The lowest BCUT2D eigenvalue weighted by atomic mass is 9.94. The van der Waals surface area contributed by atoms with Gasteiger partial charge >= 0.3 is 0 Å². The van der Waals surface area contributed by atoms with Crippen LogP contribution in [0.1, 0.15) is 32.3 Å². The van der Waals surface area contributed by atoms with Gasteiger partial charge in [-0.3, -0.25) is 9.78 Å². The van der Waals surface area contributed by atoms with Crippen LogP contribution in [0, 0.1) is 0 Å². The number of nitrogens with two attached hydrogens (primary N) is 1. The second-order valence-corrected chi connectivity index (χ2v) is 5.74. The Bertz CT molecular complexity index is 424. The minimum atomic E-state index is -0.597. The van der Waals surface area contributed by atoms with E-state index in [2.05, 4.69) is 22.2 Å². The number of hydrogen-bond donors (Lipinski definition) is 2. The molecule has 1 aromatic rings. The molecule has 0 bridgehead atoms. The number of hydrogen-bond acceptors (Lipinski definition) is 4. The van der Waals surface area contributed by atoms with E-state index in [0.29, 0.717) is 0 Å². The van der Waals surface area contributed by atoms with E-state index in [9.17, 15) is 4.79 Å². The topological polar surface area (TPSA) is 71.2 Å². The smallest absolute Gasteiger partial charge is 0.237 e. The number of aromatic nitrogens is 1. The third-order valence-corrected chi connectivity index (χ3v) is 3.86. The molecule has 21 heavy (non-hydrogen) atoms. The molecule has 0 aliphatic carbocycles. The highest BCUT2D eigenvalue weighted by atomic mass is 16.1. The van der Waals surface area contributed by atoms with Crippen LogP contribution in [0.25, 0.3) is 0 Å². The van der Waals surface area contributed by atoms with E-state index >= 15 is 0 Å². The number of primary amides is 1. The second-order valence-electron chi connectivity index (χ2n) is 5.74. The fourth-order valence-electron chi connectivity index (χ4n) is 2.37. The van der Waals surface area contributed by atoms with Gasteiger partial charge in [-0.25, -0.2) is 0 Å². The van der Waals surface area contributed by atoms with E-state index in [1.54, 1.807) is 0 Å². The predicted octanol–water partition coefficient (Wildman–Crippen LogP) is 1.19. The Balaban J connectivity index is 2.29. The molecule has 0 radical (unpaired) electrons. The number of likely N-dealkylation sites (N-methyl/N-ethyl adjacent to an activating group) is 2. The van der Waals surface area contributed by atoms with E-state index < -0.39 is 5.54 Å². The molecule has 0 spiro atoms. The molecule has 0 aromatic carbocycles. The average molecular weight is 292 g/mol. The molecule has 5 heteroatoms. The fraction of sp³-hybridized carbons (Fsp3) is 0.625. The van der Waals surface area contributed by atoms with Gasteiger partial charge < -0.3 is 16.0 Å². The maximum Gasteiger partial charge on any atom is 0.237 e. The Kier molecular flexibility index (Phi) is 7.32. The summed E-state index contributed by atoms with van der Waals surface area (Å²) < 4.78 is 0. The van der Waals surface area contributed by atoms with Gasteiger partial charge in [0.15, 0.2) is 0 Å². The zero-order chi connectivity index (χ0) is 15.7. The Hall–Kier alpha value is -1.46. The van der Waals surface area contributed by atoms with E-state index in [0.717, 1.165) is 38.9 Å². The van der Waals surface area contributed by atoms with Gasteiger partial charge in [-0.2, -0.15) is 0 Å². The number of rotatable bonds is 10. The van der Waals surface area contributed by atoms with Crippen LogP contribution < -0.4 is 11.1 Å². The van der Waals surface area contributed by atoms with E-state index in [1.807, 2.05) is 38.4 Å². The van der Waals surface area contributed by atoms with Crippen molar-refractivity contribution < 1.29 is 4.79 Å². The van der Waals surface area contributed by atoms with Crippen molar-refractivity contribution in [2.75, 3.05) is 26.7 Å². The second kappa shape index (κ2) is 8.74. The highest BCUT2D eigenvalue weighted by molar-refractivity contribution is 5.84. The van der Waals surface area contributed by atoms with Gasteiger partial charge in [0.25, 0.3) is 0 Å². The molecule has 1 rings (SSSR count). The van der Waals surface area contributed by atoms with Crippen molar-refractivity contribution in [2.24, 2.45) is 5.73 Å². The summed E-state index contributed by atoms with van der Waals surface area (Å²) in [6.07, 6.45) is 6.36. The summed E-state index contributed by atoms with van der Waals surface area (Å²) in [4.78, 5) is 17.8. The molecule has 0 aliphatic rings. The van der Waals surface area contributed by atoms with Crippen molar-refractivity contribution >= 4 is 5.91 Å². The number of carbonyl (C=O) groups excluding carboxylic acids is 1. The van der Waals surface area contributed by atoms with Crippen molar-refractivity contribution in [2.45, 2.75) is 38.6 Å². The third kappa shape index (κ3) is 6.23. The first kappa shape index (κ1) is 17.6. The Morgan fingerprint density at radius 2 is 2.05 bits per heavy atom. The van der Waals surface area contributed by atoms with Crippen molar-refractivity contribution in [1.82, 2.24) is 15.2 Å². The maximum atomic E-state index is 11.5. The van der Waals surface area contributed by atoms with E-state index in [-0.39, 0.29) is 5.91 Å². The average Bonchev–Trinajstić information content (AvgIpc) is 2.46. The van der Waals surface area contributed by atoms with Crippen molar-refractivity contribution in [1.29, 1.82) is 0 Å². The van der Waals surface area contributed by atoms with Gasteiger partial charge in [0.05, 0.1) is 5.54 Å². The number of nitrogens with zero attached hydrogens (tertiary/aromatic N) is 2. The summed E-state index contributed by atoms with van der Waals surface area (Å²) in [5.74, 6) is -0.274. The molecule has 1 amide bonds. The van der Waals surface area contributed by atoms with Gasteiger partial charge in [0.2, 0.25) is 5.91 Å². The summed E-state index contributed by atoms with van der Waals surface area (Å²) in [5, 5.41) is 3.19. The van der Waals surface area contributed by atoms with Crippen LogP contribution in [-0.2, 0) is 11.2 Å². The molecule has 1 heterocycles. The van der Waals surface area contributed by atoms with Crippen molar-refractivity contribution in [3.05, 3.63) is 30.1 Å². The van der Waals surface area contributed by atoms with E-state index in [4.69, 9.17) is 5.73 Å². The molecule has 0 fully saturated rings. The molecular weight excluding hydrogens is 264 g/mol. The summed E-state index contributed by atoms with van der Waals surface area (Å²) in [5.41, 5.74) is 6.19. The number of pyridine rings is 1. The van der Waals surface area contributed by atoms with Gasteiger partial charge in [-0.15, -0.1) is 0 Å². The molecule has 1 unspecified atom stereocenters. The minimum Gasteiger partial charge on any atom is -0.368 e. The lowest BCUT2D eigenvalue weighted by molar-refractivity contribution is -0.124. The van der Waals surface area contributed by atoms with Crippen LogP contribution >= 0.6 is 0 Å². The van der Waals surface area contributed by atoms with Gasteiger partial charge in [0.1, 0.15) is 0 Å². The molecule has 5 nitrogen and oxygen atoms in total. The third-order valence-electron chi connectivity index (χ3n) is 3.86. The SMILES string of the molecule is CCNC(C)(CCCN(C)CCc1ccncc1)C(N)=O. The quantitative estimate of drug-likeness (QED) is 0.679. The highest BCUT2D eigenvalue weighted by Crippen LogP contribution is 2.12. The minimum absolute atomic E-state index is 0.274. The van der Waals surface area contributed by atoms with E-state index in [1.165, 1.54) is 5.56 Å². The predicted molar refractivity (Wildman–Crippen MR) is 85.9 cm³/mol. The first-order valence-corrected chi connectivity index (χ1v) is 7.60. The number of nitrogens with one attached hydrogen (secondary N) is 1. The van der Waals surface area contributed by atoms with Crippen LogP contribution in [-0.4, -0.2) is 48.0 Å². The summed E-state index contributed by atoms with van der Waals surface area (Å²) in [7, 11) is 2.11. The summed E-state index contributed by atoms with van der Waals surface area (Å²) in [6.45, 7) is 6.58. The first-order chi connectivity index (χ1) is 9.98. The van der Waals surface area contributed by atoms with Crippen molar-refractivity contribution in [3.8, 4) is 0 Å². The van der Waals surface area contributed by atoms with Crippen LogP contribution in [0.5, 0.6) is 0 Å². The normalized spacial score (nSPS) is 14.1. The van der Waals surface area contributed by atoms with Gasteiger partial charge in [-0.1, -0.05) is 6.92 Å². The monoisotopic (exact) mass is 292 g/mol. The standard InChI is InChI=1S/C16H28N4O/c1-4-19-16(2,15(17)21)9-5-12-20(3)13-8-14-6-10-18-11-7-14/h6-7,10-11,19H,4-5,8-9,12-13H2,1-3H3,(H2,17,21). The molecular formula is C16H28N4O. The van der Waals surface area contributed by atoms with Crippen LogP contribution in [0.3, 0.4) is 0 Å².